The van der Waals surface area contributed by atoms with Crippen molar-refractivity contribution in [2.45, 2.75) is 6.92 Å². The number of rotatable bonds is 9. The highest BCUT2D eigenvalue weighted by Gasteiger charge is 2.16. The third-order valence-electron chi connectivity index (χ3n) is 5.42. The van der Waals surface area contributed by atoms with E-state index in [0.29, 0.717) is 29.2 Å². The normalized spacial score (nSPS) is 10.5. The van der Waals surface area contributed by atoms with E-state index in [1.165, 1.54) is 24.4 Å². The average Bonchev–Trinajstić information content (AvgIpc) is 3.00. The van der Waals surface area contributed by atoms with Crippen molar-refractivity contribution in [1.29, 1.82) is 0 Å². The number of hydrazone groups is 1. The van der Waals surface area contributed by atoms with Crippen molar-refractivity contribution in [2.24, 2.45) is 5.10 Å². The summed E-state index contributed by atoms with van der Waals surface area (Å²) in [7, 11) is 0. The minimum Gasteiger partial charge on any atom is -0.494 e. The zero-order valence-corrected chi connectivity index (χ0v) is 21.9. The van der Waals surface area contributed by atoms with Crippen molar-refractivity contribution in [3.05, 3.63) is 120 Å². The molecule has 10 nitrogen and oxygen atoms in total. The quantitative estimate of drug-likeness (QED) is 0.102. The summed E-state index contributed by atoms with van der Waals surface area (Å²) in [4.78, 5) is 49.7. The number of nitrogens with zero attached hydrogens (tertiary/aromatic N) is 1. The van der Waals surface area contributed by atoms with Gasteiger partial charge < -0.3 is 19.5 Å². The molecule has 0 aliphatic rings. The first-order valence-corrected chi connectivity index (χ1v) is 12.5. The second-order valence-corrected chi connectivity index (χ2v) is 8.32. The van der Waals surface area contributed by atoms with Crippen LogP contribution in [0.1, 0.15) is 33.2 Å². The van der Waals surface area contributed by atoms with E-state index in [2.05, 4.69) is 15.8 Å². The molecule has 0 aromatic heterocycles. The Morgan fingerprint density at radius 1 is 0.707 bits per heavy atom. The molecule has 4 rings (SSSR count). The van der Waals surface area contributed by atoms with Gasteiger partial charge in [0.05, 0.1) is 23.9 Å². The summed E-state index contributed by atoms with van der Waals surface area (Å²) in [6, 6.07) is 27.5. The van der Waals surface area contributed by atoms with Crippen LogP contribution in [0, 0.1) is 0 Å². The molecule has 41 heavy (non-hydrogen) atoms. The second-order valence-electron chi connectivity index (χ2n) is 8.32. The molecule has 206 valence electrons. The fourth-order valence-electron chi connectivity index (χ4n) is 3.45. The van der Waals surface area contributed by atoms with Crippen LogP contribution in [0.15, 0.2) is 108 Å². The molecule has 4 aromatic carbocycles. The van der Waals surface area contributed by atoms with E-state index in [1.54, 1.807) is 84.9 Å². The number of ether oxygens (including phenoxy) is 3. The zero-order chi connectivity index (χ0) is 29.0. The maximum Gasteiger partial charge on any atom is 0.343 e. The van der Waals surface area contributed by atoms with Crippen LogP contribution in [0.2, 0.25) is 0 Å². The van der Waals surface area contributed by atoms with Gasteiger partial charge in [-0.15, -0.1) is 0 Å². The Morgan fingerprint density at radius 3 is 1.90 bits per heavy atom. The Balaban J connectivity index is 1.46. The summed E-state index contributed by atoms with van der Waals surface area (Å²) in [5.74, 6) is -2.47. The maximum absolute atomic E-state index is 12.7. The molecule has 0 atom stereocenters. The molecule has 2 N–H and O–H groups in total. The molecule has 0 saturated carbocycles. The van der Waals surface area contributed by atoms with Crippen LogP contribution in [-0.4, -0.2) is 36.6 Å². The Bertz CT molecular complexity index is 1550. The van der Waals surface area contributed by atoms with Crippen LogP contribution in [0.4, 0.5) is 5.69 Å². The van der Waals surface area contributed by atoms with Gasteiger partial charge in [0.15, 0.2) is 0 Å². The molecule has 0 saturated heterocycles. The van der Waals surface area contributed by atoms with E-state index in [-0.39, 0.29) is 17.1 Å². The lowest BCUT2D eigenvalue weighted by atomic mass is 10.2. The SMILES string of the molecule is CCOc1ccc(NC(=O)C(=O)N/N=C\c2ccc(OC(=O)c3ccccc3)cc2OC(=O)c2ccccc2)cc1. The number of nitrogens with one attached hydrogen (secondary N) is 2. The van der Waals surface area contributed by atoms with E-state index in [4.69, 9.17) is 14.2 Å². The molecular formula is C31H25N3O7. The first-order chi connectivity index (χ1) is 19.9. The van der Waals surface area contributed by atoms with Gasteiger partial charge in [0.2, 0.25) is 0 Å². The Hall–Kier alpha value is -5.77. The lowest BCUT2D eigenvalue weighted by molar-refractivity contribution is -0.136. The summed E-state index contributed by atoms with van der Waals surface area (Å²) in [6.07, 6.45) is 1.19. The second kappa shape index (κ2) is 13.9. The maximum atomic E-state index is 12.7. The third kappa shape index (κ3) is 8.11. The number of carbonyl (C=O) groups excluding carboxylic acids is 4. The van der Waals surface area contributed by atoms with E-state index < -0.39 is 23.8 Å². The summed E-state index contributed by atoms with van der Waals surface area (Å²) >= 11 is 0. The van der Waals surface area contributed by atoms with Crippen LogP contribution in [0.25, 0.3) is 0 Å². The van der Waals surface area contributed by atoms with E-state index in [9.17, 15) is 19.2 Å². The van der Waals surface area contributed by atoms with E-state index in [0.717, 1.165) is 0 Å². The lowest BCUT2D eigenvalue weighted by Crippen LogP contribution is -2.32. The first-order valence-electron chi connectivity index (χ1n) is 12.5. The van der Waals surface area contributed by atoms with E-state index in [1.807, 2.05) is 6.92 Å². The number of carbonyl (C=O) groups is 4. The highest BCUT2D eigenvalue weighted by molar-refractivity contribution is 6.39. The predicted molar refractivity (Wildman–Crippen MR) is 151 cm³/mol. The van der Waals surface area contributed by atoms with Gasteiger partial charge in [-0.1, -0.05) is 36.4 Å². The van der Waals surface area contributed by atoms with Gasteiger partial charge in [-0.25, -0.2) is 15.0 Å². The summed E-state index contributed by atoms with van der Waals surface area (Å²) in [6.45, 7) is 2.35. The first kappa shape index (κ1) is 28.2. The largest absolute Gasteiger partial charge is 0.494 e. The molecule has 10 heteroatoms. The van der Waals surface area contributed by atoms with Crippen molar-refractivity contribution in [2.75, 3.05) is 11.9 Å². The molecule has 0 heterocycles. The van der Waals surface area contributed by atoms with Gasteiger partial charge in [0.1, 0.15) is 17.2 Å². The number of hydrogen-bond acceptors (Lipinski definition) is 8. The van der Waals surface area contributed by atoms with Crippen LogP contribution >= 0.6 is 0 Å². The molecule has 0 unspecified atom stereocenters. The number of hydrogen-bond donors (Lipinski definition) is 2. The van der Waals surface area contributed by atoms with Crippen LogP contribution in [0.5, 0.6) is 17.2 Å². The van der Waals surface area contributed by atoms with Crippen LogP contribution in [0.3, 0.4) is 0 Å². The van der Waals surface area contributed by atoms with Gasteiger partial charge in [-0.2, -0.15) is 5.10 Å². The average molecular weight is 552 g/mol. The molecule has 0 radical (unpaired) electrons. The molecule has 0 aliphatic heterocycles. The lowest BCUT2D eigenvalue weighted by Gasteiger charge is -2.10. The third-order valence-corrected chi connectivity index (χ3v) is 5.42. The Morgan fingerprint density at radius 2 is 1.29 bits per heavy atom. The molecule has 0 fully saturated rings. The summed E-state index contributed by atoms with van der Waals surface area (Å²) in [5.41, 5.74) is 3.43. The molecule has 0 spiro atoms. The summed E-state index contributed by atoms with van der Waals surface area (Å²) < 4.78 is 16.3. The van der Waals surface area contributed by atoms with Gasteiger partial charge >= 0.3 is 23.8 Å². The topological polar surface area (TPSA) is 132 Å². The highest BCUT2D eigenvalue weighted by atomic mass is 16.5. The van der Waals surface area contributed by atoms with Crippen molar-refractivity contribution in [1.82, 2.24) is 5.43 Å². The number of benzene rings is 4. The minimum absolute atomic E-state index is 0.00838. The molecular weight excluding hydrogens is 526 g/mol. The van der Waals surface area contributed by atoms with Crippen LogP contribution in [-0.2, 0) is 9.59 Å². The number of esters is 2. The smallest absolute Gasteiger partial charge is 0.343 e. The van der Waals surface area contributed by atoms with Gasteiger partial charge in [-0.3, -0.25) is 9.59 Å². The molecule has 0 bridgehead atoms. The zero-order valence-electron chi connectivity index (χ0n) is 21.9. The van der Waals surface area contributed by atoms with Crippen molar-refractivity contribution < 1.29 is 33.4 Å². The standard InChI is InChI=1S/C31H25N3O7/c1-2-39-25-17-14-24(15-18-25)33-28(35)29(36)34-32-20-23-13-16-26(40-30(37)21-9-5-3-6-10-21)19-27(23)41-31(38)22-11-7-4-8-12-22/h3-20H,2H2,1H3,(H,33,35)(H,34,36)/b32-20-. The molecule has 4 aromatic rings. The monoisotopic (exact) mass is 551 g/mol. The fraction of sp³-hybridized carbons (Fsp3) is 0.0645. The van der Waals surface area contributed by atoms with Gasteiger partial charge in [-0.05, 0) is 67.6 Å². The minimum atomic E-state index is -1.02. The Kier molecular flexibility index (Phi) is 9.54. The van der Waals surface area contributed by atoms with Crippen LogP contribution < -0.4 is 25.0 Å². The van der Waals surface area contributed by atoms with Gasteiger partial charge in [0, 0.05) is 17.3 Å². The Labute approximate surface area is 235 Å². The van der Waals surface area contributed by atoms with E-state index >= 15 is 0 Å². The van der Waals surface area contributed by atoms with Gasteiger partial charge in [0.25, 0.3) is 0 Å². The number of amides is 2. The van der Waals surface area contributed by atoms with Crippen molar-refractivity contribution in [3.8, 4) is 17.2 Å². The van der Waals surface area contributed by atoms with Crippen molar-refractivity contribution >= 4 is 35.7 Å². The van der Waals surface area contributed by atoms with Crippen molar-refractivity contribution in [3.63, 3.8) is 0 Å². The fourth-order valence-corrected chi connectivity index (χ4v) is 3.45. The summed E-state index contributed by atoms with van der Waals surface area (Å²) in [5, 5.41) is 6.27. The predicted octanol–water partition coefficient (Wildman–Crippen LogP) is 4.61. The highest BCUT2D eigenvalue weighted by Crippen LogP contribution is 2.26. The molecule has 2 amide bonds. The number of anilines is 1. The molecule has 0 aliphatic carbocycles.